The first-order chi connectivity index (χ1) is 6.34. The van der Waals surface area contributed by atoms with Crippen molar-refractivity contribution < 1.29 is 0 Å². The summed E-state index contributed by atoms with van der Waals surface area (Å²) in [4.78, 5) is 4.15. The third-order valence-electron chi connectivity index (χ3n) is 1.60. The molecule has 0 unspecified atom stereocenters. The van der Waals surface area contributed by atoms with Crippen molar-refractivity contribution in [1.29, 1.82) is 0 Å². The summed E-state index contributed by atoms with van der Waals surface area (Å²) in [6.45, 7) is 0.695. The first kappa shape index (κ1) is 8.44. The van der Waals surface area contributed by atoms with E-state index in [1.54, 1.807) is 12.4 Å². The minimum absolute atomic E-state index is 0.695. The topological polar surface area (TPSA) is 30.7 Å². The van der Waals surface area contributed by atoms with Crippen LogP contribution >= 0.6 is 15.9 Å². The van der Waals surface area contributed by atoms with Crippen LogP contribution in [-0.4, -0.2) is 14.8 Å². The summed E-state index contributed by atoms with van der Waals surface area (Å²) in [6, 6.07) is 6.65. The summed E-state index contributed by atoms with van der Waals surface area (Å²) in [7, 11) is 0. The lowest BCUT2D eigenvalue weighted by Gasteiger charge is -1.98. The number of nitrogens with zero attached hydrogens (tertiary/aromatic N) is 3. The lowest BCUT2D eigenvalue weighted by Crippen LogP contribution is -2.01. The monoisotopic (exact) mass is 236 g/mol. The lowest BCUT2D eigenvalue weighted by molar-refractivity contribution is 0.672. The summed E-state index contributed by atoms with van der Waals surface area (Å²) >= 11 is 3.34. The highest BCUT2D eigenvalue weighted by molar-refractivity contribution is 9.10. The Morgan fingerprint density at radius 1 is 1.54 bits per heavy atom. The third-order valence-corrected chi connectivity index (χ3v) is 2.01. The molecule has 2 heterocycles. The Bertz CT molecular complexity index is 383. The number of aromatic nitrogens is 3. The van der Waals surface area contributed by atoms with Gasteiger partial charge >= 0.3 is 0 Å². The van der Waals surface area contributed by atoms with E-state index < -0.39 is 0 Å². The molecule has 13 heavy (non-hydrogen) atoms. The van der Waals surface area contributed by atoms with Crippen molar-refractivity contribution in [2.45, 2.75) is 6.54 Å². The average molecular weight is 237 g/mol. The van der Waals surface area contributed by atoms with Gasteiger partial charge in [-0.15, -0.1) is 0 Å². The maximum absolute atomic E-state index is 4.15. The number of halogens is 1. The van der Waals surface area contributed by atoms with Gasteiger partial charge in [-0.2, -0.15) is 5.10 Å². The molecule has 1 radical (unpaired) electrons. The first-order valence-corrected chi connectivity index (χ1v) is 4.63. The lowest BCUT2D eigenvalue weighted by atomic mass is 10.3. The van der Waals surface area contributed by atoms with Gasteiger partial charge in [0.25, 0.3) is 0 Å². The van der Waals surface area contributed by atoms with E-state index >= 15 is 0 Å². The Morgan fingerprint density at radius 3 is 3.08 bits per heavy atom. The van der Waals surface area contributed by atoms with Crippen molar-refractivity contribution >= 4 is 15.9 Å². The molecule has 3 nitrogen and oxygen atoms in total. The van der Waals surface area contributed by atoms with Crippen LogP contribution in [0.3, 0.4) is 0 Å². The van der Waals surface area contributed by atoms with Gasteiger partial charge < -0.3 is 0 Å². The number of hydrogen-bond acceptors (Lipinski definition) is 2. The molecule has 0 fully saturated rings. The van der Waals surface area contributed by atoms with Crippen LogP contribution in [0.15, 0.2) is 35.2 Å². The molecule has 0 saturated carbocycles. The predicted molar refractivity (Wildman–Crippen MR) is 52.1 cm³/mol. The summed E-state index contributed by atoms with van der Waals surface area (Å²) in [6.07, 6.45) is 5.33. The summed E-state index contributed by atoms with van der Waals surface area (Å²) < 4.78 is 2.81. The molecule has 65 valence electrons. The van der Waals surface area contributed by atoms with Gasteiger partial charge in [0.05, 0.1) is 22.9 Å². The van der Waals surface area contributed by atoms with E-state index in [2.05, 4.69) is 32.1 Å². The van der Waals surface area contributed by atoms with E-state index in [1.807, 2.05) is 23.0 Å². The Hall–Kier alpha value is -1.16. The van der Waals surface area contributed by atoms with Crippen LogP contribution in [0.2, 0.25) is 0 Å². The van der Waals surface area contributed by atoms with E-state index in [1.165, 1.54) is 0 Å². The van der Waals surface area contributed by atoms with E-state index in [0.717, 1.165) is 10.2 Å². The average Bonchev–Trinajstić information content (AvgIpc) is 2.53. The van der Waals surface area contributed by atoms with Gasteiger partial charge in [0.2, 0.25) is 0 Å². The fraction of sp³-hybridized carbons (Fsp3) is 0.111. The Balaban J connectivity index is 2.15. The van der Waals surface area contributed by atoms with E-state index in [4.69, 9.17) is 0 Å². The molecule has 2 aromatic rings. The van der Waals surface area contributed by atoms with Crippen molar-refractivity contribution in [1.82, 2.24) is 14.8 Å². The smallest absolute Gasteiger partial charge is 0.0831 e. The molecular formula is C9H7BrN3. The van der Waals surface area contributed by atoms with Crippen molar-refractivity contribution in [2.75, 3.05) is 0 Å². The molecule has 0 aliphatic heterocycles. The third kappa shape index (κ3) is 2.15. The molecule has 0 aliphatic rings. The van der Waals surface area contributed by atoms with E-state index in [-0.39, 0.29) is 0 Å². The number of rotatable bonds is 2. The van der Waals surface area contributed by atoms with Gasteiger partial charge in [-0.05, 0) is 22.0 Å². The van der Waals surface area contributed by atoms with Crippen LogP contribution in [0, 0.1) is 6.07 Å². The molecule has 0 N–H and O–H groups in total. The highest BCUT2D eigenvalue weighted by atomic mass is 79.9. The molecule has 0 amide bonds. The van der Waals surface area contributed by atoms with Gasteiger partial charge in [-0.3, -0.25) is 9.67 Å². The quantitative estimate of drug-likeness (QED) is 0.798. The molecule has 0 aliphatic carbocycles. The normalized spacial score (nSPS) is 10.2. The summed E-state index contributed by atoms with van der Waals surface area (Å²) in [5.74, 6) is 0. The van der Waals surface area contributed by atoms with Crippen molar-refractivity contribution in [3.63, 3.8) is 0 Å². The fourth-order valence-corrected chi connectivity index (χ4v) is 1.36. The Kier molecular flexibility index (Phi) is 2.40. The molecule has 0 bridgehead atoms. The maximum atomic E-state index is 4.15. The van der Waals surface area contributed by atoms with Gasteiger partial charge in [0, 0.05) is 18.5 Å². The molecule has 4 heteroatoms. The highest BCUT2D eigenvalue weighted by Crippen LogP contribution is 2.07. The van der Waals surface area contributed by atoms with E-state index in [0.29, 0.717) is 6.54 Å². The van der Waals surface area contributed by atoms with Gasteiger partial charge in [0.15, 0.2) is 0 Å². The van der Waals surface area contributed by atoms with Crippen molar-refractivity contribution in [3.8, 4) is 0 Å². The minimum Gasteiger partial charge on any atom is -0.266 e. The standard InChI is InChI=1S/C9H7BrN3/c10-8-5-12-13(6-8)7-9-3-1-2-4-11-9/h1,3-6H,7H2. The van der Waals surface area contributed by atoms with Crippen LogP contribution in [0.25, 0.3) is 0 Å². The van der Waals surface area contributed by atoms with Gasteiger partial charge in [-0.25, -0.2) is 0 Å². The molecule has 2 aromatic heterocycles. The summed E-state index contributed by atoms with van der Waals surface area (Å²) in [5, 5.41) is 4.13. The predicted octanol–water partition coefficient (Wildman–Crippen LogP) is 1.89. The molecule has 0 saturated heterocycles. The molecule has 0 aromatic carbocycles. The van der Waals surface area contributed by atoms with Crippen LogP contribution in [-0.2, 0) is 6.54 Å². The Labute approximate surface area is 84.5 Å². The molecule has 2 rings (SSSR count). The summed E-state index contributed by atoms with van der Waals surface area (Å²) in [5.41, 5.74) is 0.981. The van der Waals surface area contributed by atoms with Crippen LogP contribution in [0.4, 0.5) is 0 Å². The zero-order chi connectivity index (χ0) is 9.10. The van der Waals surface area contributed by atoms with Crippen molar-refractivity contribution in [3.05, 3.63) is 47.0 Å². The second-order valence-corrected chi connectivity index (χ2v) is 3.52. The minimum atomic E-state index is 0.695. The first-order valence-electron chi connectivity index (χ1n) is 3.83. The zero-order valence-electron chi connectivity index (χ0n) is 6.81. The Morgan fingerprint density at radius 2 is 2.46 bits per heavy atom. The largest absolute Gasteiger partial charge is 0.266 e. The number of pyridine rings is 1. The SMILES string of the molecule is Brc1cnn(Cc2cc[c]cn2)c1. The second-order valence-electron chi connectivity index (χ2n) is 2.61. The van der Waals surface area contributed by atoms with Gasteiger partial charge in [0.1, 0.15) is 0 Å². The van der Waals surface area contributed by atoms with Crippen LogP contribution < -0.4 is 0 Å². The fourth-order valence-electron chi connectivity index (χ4n) is 1.03. The van der Waals surface area contributed by atoms with Crippen molar-refractivity contribution in [2.24, 2.45) is 0 Å². The highest BCUT2D eigenvalue weighted by Gasteiger charge is 1.96. The number of hydrogen-bond donors (Lipinski definition) is 0. The van der Waals surface area contributed by atoms with Gasteiger partial charge in [-0.1, -0.05) is 6.07 Å². The molecule has 0 atom stereocenters. The second kappa shape index (κ2) is 3.70. The maximum Gasteiger partial charge on any atom is 0.0831 e. The van der Waals surface area contributed by atoms with Crippen LogP contribution in [0.1, 0.15) is 5.69 Å². The van der Waals surface area contributed by atoms with E-state index in [9.17, 15) is 0 Å². The molecule has 0 spiro atoms. The molecular weight excluding hydrogens is 230 g/mol. The zero-order valence-corrected chi connectivity index (χ0v) is 8.40. The van der Waals surface area contributed by atoms with Crippen LogP contribution in [0.5, 0.6) is 0 Å².